The lowest BCUT2D eigenvalue weighted by atomic mass is 10.3. The first-order valence-corrected chi connectivity index (χ1v) is 4.94. The van der Waals surface area contributed by atoms with Crippen LogP contribution in [-0.4, -0.2) is 0 Å². The average molecular weight is 221 g/mol. The number of hydrogen-bond donors (Lipinski definition) is 1. The molecule has 0 aliphatic heterocycles. The van der Waals surface area contributed by atoms with Crippen molar-refractivity contribution in [2.75, 3.05) is 0 Å². The van der Waals surface area contributed by atoms with Crippen molar-refractivity contribution in [2.45, 2.75) is 13.2 Å². The lowest BCUT2D eigenvalue weighted by molar-refractivity contribution is 0.266. The minimum Gasteiger partial charge on any atom is -0.486 e. The monoisotopic (exact) mass is 221 g/mol. The summed E-state index contributed by atoms with van der Waals surface area (Å²) in [6.07, 6.45) is 0. The van der Waals surface area contributed by atoms with Crippen LogP contribution in [0.5, 0.6) is 5.75 Å². The van der Waals surface area contributed by atoms with Crippen molar-refractivity contribution < 1.29 is 13.5 Å². The number of ether oxygens (including phenoxy) is 1. The fourth-order valence-electron chi connectivity index (χ4n) is 1.29. The maximum absolute atomic E-state index is 12.6. The van der Waals surface area contributed by atoms with Gasteiger partial charge in [0.15, 0.2) is 0 Å². The topological polar surface area (TPSA) is 48.4 Å². The molecule has 0 radical (unpaired) electrons. The fraction of sp³-hybridized carbons (Fsp3) is 0.167. The number of benzene rings is 1. The highest BCUT2D eigenvalue weighted by Gasteiger charge is 2.01. The zero-order valence-electron chi connectivity index (χ0n) is 8.65. The summed E-state index contributed by atoms with van der Waals surface area (Å²) in [4.78, 5) is 0. The molecule has 1 aromatic carbocycles. The Morgan fingerprint density at radius 3 is 2.38 bits per heavy atom. The first-order valence-electron chi connectivity index (χ1n) is 4.94. The molecule has 0 bridgehead atoms. The first kappa shape index (κ1) is 10.7. The normalized spacial score (nSPS) is 10.4. The standard InChI is InChI=1S/C12H12FNO2/c13-9-1-3-10(4-2-9)15-8-12-6-5-11(7-14)16-12/h1-6H,7-8,14H2. The molecule has 16 heavy (non-hydrogen) atoms. The molecule has 0 spiro atoms. The third-order valence-corrected chi connectivity index (χ3v) is 2.11. The molecule has 1 aromatic heterocycles. The second-order valence-electron chi connectivity index (χ2n) is 3.31. The maximum Gasteiger partial charge on any atom is 0.146 e. The zero-order valence-corrected chi connectivity index (χ0v) is 8.65. The van der Waals surface area contributed by atoms with Gasteiger partial charge in [0.1, 0.15) is 29.7 Å². The summed E-state index contributed by atoms with van der Waals surface area (Å²) in [5.74, 6) is 1.74. The van der Waals surface area contributed by atoms with E-state index in [4.69, 9.17) is 14.9 Å². The average Bonchev–Trinajstić information content (AvgIpc) is 2.76. The third-order valence-electron chi connectivity index (χ3n) is 2.11. The van der Waals surface area contributed by atoms with E-state index in [1.165, 1.54) is 12.1 Å². The molecular formula is C12H12FNO2. The van der Waals surface area contributed by atoms with Gasteiger partial charge in [-0.25, -0.2) is 4.39 Å². The summed E-state index contributed by atoms with van der Waals surface area (Å²) in [7, 11) is 0. The lowest BCUT2D eigenvalue weighted by Gasteiger charge is -2.03. The quantitative estimate of drug-likeness (QED) is 0.862. The molecule has 3 nitrogen and oxygen atoms in total. The molecule has 84 valence electrons. The summed E-state index contributed by atoms with van der Waals surface area (Å²) >= 11 is 0. The van der Waals surface area contributed by atoms with Crippen LogP contribution < -0.4 is 10.5 Å². The molecule has 0 fully saturated rings. The van der Waals surface area contributed by atoms with Crippen molar-refractivity contribution in [2.24, 2.45) is 5.73 Å². The Morgan fingerprint density at radius 2 is 1.75 bits per heavy atom. The molecule has 0 unspecified atom stereocenters. The van der Waals surface area contributed by atoms with Gasteiger partial charge in [0, 0.05) is 0 Å². The third kappa shape index (κ3) is 2.61. The van der Waals surface area contributed by atoms with Gasteiger partial charge in [-0.05, 0) is 36.4 Å². The SMILES string of the molecule is NCc1ccc(COc2ccc(F)cc2)o1. The Morgan fingerprint density at radius 1 is 1.06 bits per heavy atom. The van der Waals surface area contributed by atoms with Crippen LogP contribution in [-0.2, 0) is 13.2 Å². The van der Waals surface area contributed by atoms with E-state index in [9.17, 15) is 4.39 Å². The van der Waals surface area contributed by atoms with Gasteiger partial charge in [0.05, 0.1) is 6.54 Å². The molecule has 0 aliphatic carbocycles. The Bertz CT molecular complexity index is 450. The molecule has 0 atom stereocenters. The molecule has 2 aromatic rings. The van der Waals surface area contributed by atoms with Crippen LogP contribution in [0.1, 0.15) is 11.5 Å². The highest BCUT2D eigenvalue weighted by Crippen LogP contribution is 2.14. The summed E-state index contributed by atoms with van der Waals surface area (Å²) in [5, 5.41) is 0. The predicted molar refractivity (Wildman–Crippen MR) is 57.3 cm³/mol. The molecular weight excluding hydrogens is 209 g/mol. The maximum atomic E-state index is 12.6. The Hall–Kier alpha value is -1.81. The molecule has 0 aliphatic rings. The van der Waals surface area contributed by atoms with E-state index in [0.717, 1.165) is 5.76 Å². The Kier molecular flexibility index (Phi) is 3.22. The van der Waals surface area contributed by atoms with Gasteiger partial charge < -0.3 is 14.9 Å². The molecule has 0 amide bonds. The second-order valence-corrected chi connectivity index (χ2v) is 3.31. The van der Waals surface area contributed by atoms with Gasteiger partial charge in [-0.15, -0.1) is 0 Å². The molecule has 1 heterocycles. The van der Waals surface area contributed by atoms with Crippen LogP contribution in [0.3, 0.4) is 0 Å². The van der Waals surface area contributed by atoms with Crippen molar-refractivity contribution in [1.29, 1.82) is 0 Å². The van der Waals surface area contributed by atoms with Crippen LogP contribution >= 0.6 is 0 Å². The number of furan rings is 1. The number of halogens is 1. The zero-order chi connectivity index (χ0) is 11.4. The van der Waals surface area contributed by atoms with Gasteiger partial charge in [0.2, 0.25) is 0 Å². The number of nitrogens with two attached hydrogens (primary N) is 1. The Balaban J connectivity index is 1.94. The van der Waals surface area contributed by atoms with E-state index >= 15 is 0 Å². The van der Waals surface area contributed by atoms with Crippen molar-refractivity contribution in [1.82, 2.24) is 0 Å². The van der Waals surface area contributed by atoms with Crippen LogP contribution in [0.4, 0.5) is 4.39 Å². The molecule has 2 N–H and O–H groups in total. The second kappa shape index (κ2) is 4.81. The van der Waals surface area contributed by atoms with E-state index in [2.05, 4.69) is 0 Å². The smallest absolute Gasteiger partial charge is 0.146 e. The van der Waals surface area contributed by atoms with Crippen molar-refractivity contribution >= 4 is 0 Å². The lowest BCUT2D eigenvalue weighted by Crippen LogP contribution is -1.95. The van der Waals surface area contributed by atoms with Crippen LogP contribution in [0.25, 0.3) is 0 Å². The highest BCUT2D eigenvalue weighted by molar-refractivity contribution is 5.22. The predicted octanol–water partition coefficient (Wildman–Crippen LogP) is 2.46. The van der Waals surface area contributed by atoms with Crippen molar-refractivity contribution in [3.63, 3.8) is 0 Å². The van der Waals surface area contributed by atoms with E-state index in [0.29, 0.717) is 24.7 Å². The van der Waals surface area contributed by atoms with E-state index in [-0.39, 0.29) is 5.82 Å². The Labute approximate surface area is 92.6 Å². The summed E-state index contributed by atoms with van der Waals surface area (Å²) in [6.45, 7) is 0.683. The van der Waals surface area contributed by atoms with Gasteiger partial charge in [-0.2, -0.15) is 0 Å². The summed E-state index contributed by atoms with van der Waals surface area (Å²) in [6, 6.07) is 9.46. The summed E-state index contributed by atoms with van der Waals surface area (Å²) < 4.78 is 23.4. The number of rotatable bonds is 4. The van der Waals surface area contributed by atoms with Gasteiger partial charge >= 0.3 is 0 Å². The number of hydrogen-bond acceptors (Lipinski definition) is 3. The van der Waals surface area contributed by atoms with Crippen molar-refractivity contribution in [3.05, 3.63) is 53.7 Å². The van der Waals surface area contributed by atoms with Crippen LogP contribution in [0.15, 0.2) is 40.8 Å². The first-order chi connectivity index (χ1) is 7.78. The van der Waals surface area contributed by atoms with Gasteiger partial charge in [0.25, 0.3) is 0 Å². The fourth-order valence-corrected chi connectivity index (χ4v) is 1.29. The van der Waals surface area contributed by atoms with Gasteiger partial charge in [-0.3, -0.25) is 0 Å². The van der Waals surface area contributed by atoms with Crippen molar-refractivity contribution in [3.8, 4) is 5.75 Å². The van der Waals surface area contributed by atoms with E-state index in [1.807, 2.05) is 12.1 Å². The van der Waals surface area contributed by atoms with Crippen LogP contribution in [0.2, 0.25) is 0 Å². The highest BCUT2D eigenvalue weighted by atomic mass is 19.1. The van der Waals surface area contributed by atoms with Crippen LogP contribution in [0, 0.1) is 5.82 Å². The minimum absolute atomic E-state index is 0.282. The molecule has 4 heteroatoms. The summed E-state index contributed by atoms with van der Waals surface area (Å²) in [5.41, 5.74) is 5.41. The molecule has 0 saturated carbocycles. The minimum atomic E-state index is -0.282. The van der Waals surface area contributed by atoms with Gasteiger partial charge in [-0.1, -0.05) is 0 Å². The largest absolute Gasteiger partial charge is 0.486 e. The molecule has 2 rings (SSSR count). The molecule has 0 saturated heterocycles. The van der Waals surface area contributed by atoms with E-state index < -0.39 is 0 Å². The van der Waals surface area contributed by atoms with E-state index in [1.54, 1.807) is 12.1 Å².